The molecule has 0 aromatic heterocycles. The molecule has 2 aliphatic heterocycles. The van der Waals surface area contributed by atoms with Crippen LogP contribution >= 0.6 is 0 Å². The third kappa shape index (κ3) is 3.80. The second kappa shape index (κ2) is 6.56. The van der Waals surface area contributed by atoms with Crippen molar-refractivity contribution in [2.24, 2.45) is 5.92 Å². The Morgan fingerprint density at radius 3 is 3.09 bits per heavy atom. The fourth-order valence-electron chi connectivity index (χ4n) is 4.18. The van der Waals surface area contributed by atoms with Crippen LogP contribution < -0.4 is 0 Å². The lowest BCUT2D eigenvalue weighted by Crippen LogP contribution is -2.36. The molecule has 3 fully saturated rings. The van der Waals surface area contributed by atoms with E-state index in [0.29, 0.717) is 18.9 Å². The van der Waals surface area contributed by atoms with E-state index in [0.717, 1.165) is 51.3 Å². The van der Waals surface area contributed by atoms with Gasteiger partial charge in [0, 0.05) is 32.5 Å². The van der Waals surface area contributed by atoms with Crippen LogP contribution in [0, 0.1) is 5.92 Å². The summed E-state index contributed by atoms with van der Waals surface area (Å²) in [5, 5.41) is 0. The zero-order chi connectivity index (χ0) is 15.7. The number of allylic oxidation sites excluding steroid dienone is 1. The van der Waals surface area contributed by atoms with Crippen LogP contribution in [-0.2, 0) is 14.3 Å². The molecule has 1 spiro atoms. The SMILES string of the molecule is O=C(CC1=CCCCC1)N1CC[C@@]2(C[C@H](OCC3CC3)CO2)C1. The van der Waals surface area contributed by atoms with E-state index >= 15 is 0 Å². The smallest absolute Gasteiger partial charge is 0.226 e. The van der Waals surface area contributed by atoms with E-state index in [2.05, 4.69) is 6.08 Å². The summed E-state index contributed by atoms with van der Waals surface area (Å²) in [5.74, 6) is 1.10. The summed E-state index contributed by atoms with van der Waals surface area (Å²) in [6.45, 7) is 3.23. The highest BCUT2D eigenvalue weighted by Crippen LogP contribution is 2.38. The van der Waals surface area contributed by atoms with E-state index in [1.807, 2.05) is 4.90 Å². The second-order valence-electron chi connectivity index (χ2n) is 7.95. The van der Waals surface area contributed by atoms with Crippen molar-refractivity contribution in [1.82, 2.24) is 4.90 Å². The summed E-state index contributed by atoms with van der Waals surface area (Å²) in [6.07, 6.45) is 12.5. The van der Waals surface area contributed by atoms with E-state index in [1.54, 1.807) is 0 Å². The first-order valence-corrected chi connectivity index (χ1v) is 9.44. The third-order valence-electron chi connectivity index (χ3n) is 5.87. The average molecular weight is 319 g/mol. The summed E-state index contributed by atoms with van der Waals surface area (Å²) in [4.78, 5) is 14.6. The number of carbonyl (C=O) groups is 1. The van der Waals surface area contributed by atoms with Crippen molar-refractivity contribution in [3.8, 4) is 0 Å². The Balaban J connectivity index is 1.26. The molecule has 1 amide bonds. The van der Waals surface area contributed by atoms with Crippen LogP contribution in [0.3, 0.4) is 0 Å². The molecule has 1 saturated carbocycles. The summed E-state index contributed by atoms with van der Waals surface area (Å²) in [7, 11) is 0. The minimum Gasteiger partial charge on any atom is -0.375 e. The van der Waals surface area contributed by atoms with Gasteiger partial charge in [-0.1, -0.05) is 11.6 Å². The van der Waals surface area contributed by atoms with E-state index in [9.17, 15) is 4.79 Å². The number of carbonyl (C=O) groups excluding carboxylic acids is 1. The van der Waals surface area contributed by atoms with Crippen LogP contribution in [0.5, 0.6) is 0 Å². The van der Waals surface area contributed by atoms with E-state index in [1.165, 1.54) is 31.3 Å². The number of amides is 1. The largest absolute Gasteiger partial charge is 0.375 e. The summed E-state index contributed by atoms with van der Waals surface area (Å²) in [6, 6.07) is 0. The van der Waals surface area contributed by atoms with Crippen molar-refractivity contribution in [3.63, 3.8) is 0 Å². The number of ether oxygens (including phenoxy) is 2. The lowest BCUT2D eigenvalue weighted by Gasteiger charge is -2.24. The fourth-order valence-corrected chi connectivity index (χ4v) is 4.18. The summed E-state index contributed by atoms with van der Waals surface area (Å²) < 4.78 is 12.1. The zero-order valence-electron chi connectivity index (χ0n) is 14.1. The average Bonchev–Trinajstić information content (AvgIpc) is 3.18. The minimum absolute atomic E-state index is 0.120. The van der Waals surface area contributed by atoms with Crippen molar-refractivity contribution < 1.29 is 14.3 Å². The molecule has 4 aliphatic rings. The van der Waals surface area contributed by atoms with Gasteiger partial charge in [-0.05, 0) is 50.9 Å². The number of rotatable bonds is 5. The number of nitrogens with zero attached hydrogens (tertiary/aromatic N) is 1. The van der Waals surface area contributed by atoms with Gasteiger partial charge in [-0.25, -0.2) is 0 Å². The van der Waals surface area contributed by atoms with Gasteiger partial charge in [0.2, 0.25) is 5.91 Å². The molecule has 2 saturated heterocycles. The lowest BCUT2D eigenvalue weighted by molar-refractivity contribution is -0.130. The van der Waals surface area contributed by atoms with Crippen molar-refractivity contribution in [3.05, 3.63) is 11.6 Å². The van der Waals surface area contributed by atoms with Gasteiger partial charge in [0.25, 0.3) is 0 Å². The predicted octanol–water partition coefficient (Wildman–Crippen LogP) is 3.06. The van der Waals surface area contributed by atoms with Gasteiger partial charge < -0.3 is 14.4 Å². The molecule has 0 aromatic carbocycles. The number of hydrogen-bond acceptors (Lipinski definition) is 3. The Kier molecular flexibility index (Phi) is 4.46. The molecule has 4 nitrogen and oxygen atoms in total. The molecule has 0 unspecified atom stereocenters. The molecular weight excluding hydrogens is 290 g/mol. The summed E-state index contributed by atoms with van der Waals surface area (Å²) >= 11 is 0. The highest BCUT2D eigenvalue weighted by Gasteiger charge is 2.47. The van der Waals surface area contributed by atoms with Crippen LogP contribution in [0.15, 0.2) is 11.6 Å². The Bertz CT molecular complexity index is 485. The molecule has 0 N–H and O–H groups in total. The number of likely N-dealkylation sites (tertiary alicyclic amines) is 1. The molecular formula is C19H29NO3. The Labute approximate surface area is 139 Å². The van der Waals surface area contributed by atoms with Crippen LogP contribution in [0.4, 0.5) is 0 Å². The van der Waals surface area contributed by atoms with E-state index in [4.69, 9.17) is 9.47 Å². The first-order chi connectivity index (χ1) is 11.2. The van der Waals surface area contributed by atoms with E-state index in [-0.39, 0.29) is 11.7 Å². The molecule has 2 atom stereocenters. The Morgan fingerprint density at radius 2 is 2.30 bits per heavy atom. The van der Waals surface area contributed by atoms with Crippen LogP contribution in [0.25, 0.3) is 0 Å². The molecule has 2 aliphatic carbocycles. The van der Waals surface area contributed by atoms with Gasteiger partial charge in [0.15, 0.2) is 0 Å². The standard InChI is InChI=1S/C19H29NO3/c21-18(10-15-4-2-1-3-5-15)20-9-8-19(14-20)11-17(13-23-19)22-12-16-6-7-16/h4,16-17H,1-3,5-14H2/t17-,19+/m0/s1. The van der Waals surface area contributed by atoms with Crippen molar-refractivity contribution in [1.29, 1.82) is 0 Å². The first kappa shape index (κ1) is 15.6. The maximum atomic E-state index is 12.6. The van der Waals surface area contributed by atoms with Gasteiger partial charge in [-0.15, -0.1) is 0 Å². The fraction of sp³-hybridized carbons (Fsp3) is 0.842. The van der Waals surface area contributed by atoms with E-state index < -0.39 is 0 Å². The Hall–Kier alpha value is -0.870. The molecule has 4 heteroatoms. The molecule has 0 aromatic rings. The van der Waals surface area contributed by atoms with Gasteiger partial charge >= 0.3 is 0 Å². The summed E-state index contributed by atoms with van der Waals surface area (Å²) in [5.41, 5.74) is 1.23. The highest BCUT2D eigenvalue weighted by molar-refractivity contribution is 5.79. The lowest BCUT2D eigenvalue weighted by atomic mass is 9.96. The van der Waals surface area contributed by atoms with Gasteiger partial charge in [-0.3, -0.25) is 4.79 Å². The van der Waals surface area contributed by atoms with Gasteiger partial charge in [0.05, 0.1) is 18.3 Å². The van der Waals surface area contributed by atoms with Crippen molar-refractivity contribution in [2.45, 2.75) is 69.5 Å². The van der Waals surface area contributed by atoms with Crippen molar-refractivity contribution in [2.75, 3.05) is 26.3 Å². The minimum atomic E-state index is -0.120. The molecule has 2 heterocycles. The highest BCUT2D eigenvalue weighted by atomic mass is 16.6. The normalized spacial score (nSPS) is 34.2. The van der Waals surface area contributed by atoms with Crippen molar-refractivity contribution >= 4 is 5.91 Å². The third-order valence-corrected chi connectivity index (χ3v) is 5.87. The number of hydrogen-bond donors (Lipinski definition) is 0. The molecule has 0 bridgehead atoms. The quantitative estimate of drug-likeness (QED) is 0.731. The van der Waals surface area contributed by atoms with Crippen LogP contribution in [-0.4, -0.2) is 48.8 Å². The van der Waals surface area contributed by atoms with Crippen LogP contribution in [0.1, 0.15) is 57.8 Å². The molecule has 0 radical (unpaired) electrons. The monoisotopic (exact) mass is 319 g/mol. The zero-order valence-corrected chi connectivity index (χ0v) is 14.1. The molecule has 4 rings (SSSR count). The topological polar surface area (TPSA) is 38.8 Å². The second-order valence-corrected chi connectivity index (χ2v) is 7.95. The molecule has 23 heavy (non-hydrogen) atoms. The maximum Gasteiger partial charge on any atom is 0.226 e. The first-order valence-electron chi connectivity index (χ1n) is 9.44. The van der Waals surface area contributed by atoms with Gasteiger partial charge in [-0.2, -0.15) is 0 Å². The van der Waals surface area contributed by atoms with Gasteiger partial charge in [0.1, 0.15) is 0 Å². The Morgan fingerprint density at radius 1 is 1.39 bits per heavy atom. The maximum absolute atomic E-state index is 12.6. The molecule has 128 valence electrons. The van der Waals surface area contributed by atoms with Crippen LogP contribution in [0.2, 0.25) is 0 Å². The predicted molar refractivity (Wildman–Crippen MR) is 88.1 cm³/mol.